The van der Waals surface area contributed by atoms with Crippen LogP contribution < -0.4 is 5.32 Å². The van der Waals surface area contributed by atoms with E-state index in [-0.39, 0.29) is 24.2 Å². The molecule has 0 spiro atoms. The van der Waals surface area contributed by atoms with Gasteiger partial charge in [-0.15, -0.1) is 11.8 Å². The van der Waals surface area contributed by atoms with Gasteiger partial charge in [-0.05, 0) is 36.8 Å². The normalized spacial score (nSPS) is 19.4. The average Bonchev–Trinajstić information content (AvgIpc) is 2.81. The first-order valence-corrected chi connectivity index (χ1v) is 12.2. The number of amides is 2. The number of esters is 1. The molecule has 0 unspecified atom stereocenters. The zero-order valence-corrected chi connectivity index (χ0v) is 19.9. The van der Waals surface area contributed by atoms with Gasteiger partial charge in [0, 0.05) is 42.5 Å². The summed E-state index contributed by atoms with van der Waals surface area (Å²) in [7, 11) is 0. The van der Waals surface area contributed by atoms with Gasteiger partial charge in [-0.1, -0.05) is 35.9 Å². The van der Waals surface area contributed by atoms with Gasteiger partial charge in [0.15, 0.2) is 0 Å². The van der Waals surface area contributed by atoms with Crippen molar-refractivity contribution in [3.63, 3.8) is 0 Å². The molecule has 0 saturated carbocycles. The van der Waals surface area contributed by atoms with Crippen molar-refractivity contribution in [3.05, 3.63) is 59.1 Å². The number of hydrogen-bond donors (Lipinski definition) is 1. The molecule has 1 N–H and O–H groups in total. The minimum Gasteiger partial charge on any atom is -0.465 e. The van der Waals surface area contributed by atoms with E-state index in [1.807, 2.05) is 41.3 Å². The summed E-state index contributed by atoms with van der Waals surface area (Å²) in [5.74, 6) is -0.509. The number of anilines is 1. The zero-order chi connectivity index (χ0) is 23.4. The highest BCUT2D eigenvalue weighted by Crippen LogP contribution is 2.37. The second kappa shape index (κ2) is 10.6. The molecule has 2 atom stereocenters. The number of fused-ring (bicyclic) bond motifs is 1. The van der Waals surface area contributed by atoms with Crippen LogP contribution in [0.2, 0.25) is 5.02 Å². The number of nitrogens with one attached hydrogen (secondary N) is 1. The second-order valence-corrected chi connectivity index (χ2v) is 9.60. The first kappa shape index (κ1) is 23.6. The molecule has 2 aromatic carbocycles. The fraction of sp³-hybridized carbons (Fsp3) is 0.375. The van der Waals surface area contributed by atoms with E-state index in [9.17, 15) is 14.4 Å². The predicted molar refractivity (Wildman–Crippen MR) is 128 cm³/mol. The van der Waals surface area contributed by atoms with Crippen LogP contribution in [0.4, 0.5) is 5.69 Å². The first-order chi connectivity index (χ1) is 16.0. The Hall–Kier alpha value is -2.55. The molecule has 0 radical (unpaired) electrons. The number of piperazine rings is 1. The molecule has 2 aromatic rings. The maximum absolute atomic E-state index is 13.0. The van der Waals surface area contributed by atoms with Crippen LogP contribution in [-0.4, -0.2) is 65.6 Å². The van der Waals surface area contributed by atoms with Crippen LogP contribution in [0.5, 0.6) is 0 Å². The third-order valence-electron chi connectivity index (χ3n) is 5.79. The maximum Gasteiger partial charge on any atom is 0.328 e. The number of carbonyl (C=O) groups is 3. The van der Waals surface area contributed by atoms with Crippen LogP contribution in [0.15, 0.2) is 53.4 Å². The van der Waals surface area contributed by atoms with Crippen molar-refractivity contribution in [1.29, 1.82) is 0 Å². The van der Waals surface area contributed by atoms with E-state index in [4.69, 9.17) is 16.3 Å². The summed E-state index contributed by atoms with van der Waals surface area (Å²) in [6.07, 6.45) is 0.142. The van der Waals surface area contributed by atoms with Crippen LogP contribution in [0.25, 0.3) is 0 Å². The molecule has 9 heteroatoms. The lowest BCUT2D eigenvalue weighted by atomic mass is 10.0. The summed E-state index contributed by atoms with van der Waals surface area (Å²) in [5, 5.41) is 3.04. The zero-order valence-electron chi connectivity index (χ0n) is 18.3. The SMILES string of the molecule is CCOC(=O)[C@@H](c1ccc(Cl)cc1)N1CCN(C(=O)C[C@H]2Sc3ccccc3NC2=O)CC1. The van der Waals surface area contributed by atoms with Crippen LogP contribution in [0.1, 0.15) is 24.9 Å². The number of nitrogens with zero attached hydrogens (tertiary/aromatic N) is 2. The molecule has 2 heterocycles. The Kier molecular flexibility index (Phi) is 7.57. The van der Waals surface area contributed by atoms with Crippen molar-refractivity contribution < 1.29 is 19.1 Å². The van der Waals surface area contributed by atoms with Gasteiger partial charge in [-0.2, -0.15) is 0 Å². The summed E-state index contributed by atoms with van der Waals surface area (Å²) in [5.41, 5.74) is 1.60. The standard InChI is InChI=1S/C24H26ClN3O4S/c1-2-32-24(31)22(16-7-9-17(25)10-8-16)28-13-11-27(12-14-28)21(29)15-20-23(30)26-18-5-3-4-6-19(18)33-20/h3-10,20,22H,2,11-15H2,1H3,(H,26,30)/t20-,22-/m1/s1. The number of para-hydroxylation sites is 1. The van der Waals surface area contributed by atoms with E-state index in [2.05, 4.69) is 5.32 Å². The van der Waals surface area contributed by atoms with Gasteiger partial charge < -0.3 is 15.0 Å². The number of halogens is 1. The molecule has 2 aliphatic rings. The number of ether oxygens (including phenoxy) is 1. The Morgan fingerprint density at radius 2 is 1.82 bits per heavy atom. The second-order valence-electron chi connectivity index (χ2n) is 7.92. The lowest BCUT2D eigenvalue weighted by Crippen LogP contribution is -2.51. The Morgan fingerprint density at radius 3 is 2.52 bits per heavy atom. The van der Waals surface area contributed by atoms with Gasteiger partial charge >= 0.3 is 5.97 Å². The van der Waals surface area contributed by atoms with E-state index in [1.165, 1.54) is 11.8 Å². The van der Waals surface area contributed by atoms with Crippen molar-refractivity contribution >= 4 is 46.8 Å². The van der Waals surface area contributed by atoms with Gasteiger partial charge in [0.05, 0.1) is 17.5 Å². The summed E-state index contributed by atoms with van der Waals surface area (Å²) in [6, 6.07) is 14.2. The van der Waals surface area contributed by atoms with Crippen LogP contribution in [0, 0.1) is 0 Å². The highest BCUT2D eigenvalue weighted by atomic mass is 35.5. The summed E-state index contributed by atoms with van der Waals surface area (Å²) >= 11 is 7.44. The molecule has 174 valence electrons. The van der Waals surface area contributed by atoms with Crippen LogP contribution in [0.3, 0.4) is 0 Å². The molecular weight excluding hydrogens is 462 g/mol. The molecular formula is C24H26ClN3O4S. The minimum atomic E-state index is -0.546. The Bertz CT molecular complexity index is 1020. The quantitative estimate of drug-likeness (QED) is 0.627. The fourth-order valence-corrected chi connectivity index (χ4v) is 5.33. The number of hydrogen-bond acceptors (Lipinski definition) is 6. The molecule has 0 aromatic heterocycles. The summed E-state index contributed by atoms with van der Waals surface area (Å²) in [4.78, 5) is 42.9. The molecule has 1 saturated heterocycles. The van der Waals surface area contributed by atoms with Crippen LogP contribution >= 0.6 is 23.4 Å². The number of carbonyl (C=O) groups excluding carboxylic acids is 3. The van der Waals surface area contributed by atoms with E-state index in [0.717, 1.165) is 16.1 Å². The van der Waals surface area contributed by atoms with Gasteiger partial charge in [0.1, 0.15) is 6.04 Å². The number of rotatable bonds is 6. The molecule has 4 rings (SSSR count). The predicted octanol–water partition coefficient (Wildman–Crippen LogP) is 3.59. The summed E-state index contributed by atoms with van der Waals surface area (Å²) in [6.45, 7) is 4.11. The van der Waals surface area contributed by atoms with Gasteiger partial charge in [0.25, 0.3) is 0 Å². The topological polar surface area (TPSA) is 79.0 Å². The Labute approximate surface area is 202 Å². The van der Waals surface area contributed by atoms with Crippen molar-refractivity contribution in [2.75, 3.05) is 38.1 Å². The van der Waals surface area contributed by atoms with Gasteiger partial charge in [0.2, 0.25) is 11.8 Å². The number of thioether (sulfide) groups is 1. The molecule has 0 bridgehead atoms. The number of benzene rings is 2. The monoisotopic (exact) mass is 487 g/mol. The maximum atomic E-state index is 13.0. The first-order valence-electron chi connectivity index (χ1n) is 11.0. The van der Waals surface area contributed by atoms with Gasteiger partial charge in [-0.25, -0.2) is 4.79 Å². The van der Waals surface area contributed by atoms with Crippen molar-refractivity contribution in [1.82, 2.24) is 9.80 Å². The third-order valence-corrected chi connectivity index (χ3v) is 7.32. The Morgan fingerprint density at radius 1 is 1.12 bits per heavy atom. The minimum absolute atomic E-state index is 0.0548. The van der Waals surface area contributed by atoms with Crippen LogP contribution in [-0.2, 0) is 19.1 Å². The largest absolute Gasteiger partial charge is 0.465 e. The van der Waals surface area contributed by atoms with E-state index >= 15 is 0 Å². The smallest absolute Gasteiger partial charge is 0.328 e. The molecule has 2 amide bonds. The van der Waals surface area contributed by atoms with E-state index in [0.29, 0.717) is 37.8 Å². The van der Waals surface area contributed by atoms with Crippen molar-refractivity contribution in [2.24, 2.45) is 0 Å². The molecule has 33 heavy (non-hydrogen) atoms. The fourth-order valence-electron chi connectivity index (χ4n) is 4.11. The highest BCUT2D eigenvalue weighted by Gasteiger charge is 2.35. The third kappa shape index (κ3) is 5.51. The van der Waals surface area contributed by atoms with E-state index < -0.39 is 11.3 Å². The molecule has 2 aliphatic heterocycles. The van der Waals surface area contributed by atoms with Gasteiger partial charge in [-0.3, -0.25) is 14.5 Å². The Balaban J connectivity index is 1.38. The molecule has 7 nitrogen and oxygen atoms in total. The highest BCUT2D eigenvalue weighted by molar-refractivity contribution is 8.01. The molecule has 0 aliphatic carbocycles. The molecule has 1 fully saturated rings. The lowest BCUT2D eigenvalue weighted by Gasteiger charge is -2.38. The average molecular weight is 488 g/mol. The summed E-state index contributed by atoms with van der Waals surface area (Å²) < 4.78 is 5.32. The van der Waals surface area contributed by atoms with Crippen molar-refractivity contribution in [3.8, 4) is 0 Å². The van der Waals surface area contributed by atoms with E-state index in [1.54, 1.807) is 24.0 Å². The van der Waals surface area contributed by atoms with Crippen molar-refractivity contribution in [2.45, 2.75) is 29.5 Å². The lowest BCUT2D eigenvalue weighted by molar-refractivity contribution is -0.151.